The van der Waals surface area contributed by atoms with E-state index in [9.17, 15) is 9.18 Å². The number of hydrogen-bond donors (Lipinski definition) is 0. The van der Waals surface area contributed by atoms with Crippen LogP contribution < -0.4 is 9.80 Å². The molecule has 2 unspecified atom stereocenters. The fraction of sp³-hybridized carbons (Fsp3) is 0.107. The predicted molar refractivity (Wildman–Crippen MR) is 125 cm³/mol. The van der Waals surface area contributed by atoms with Crippen LogP contribution in [0.2, 0.25) is 0 Å². The number of ether oxygens (including phenoxy) is 1. The summed E-state index contributed by atoms with van der Waals surface area (Å²) in [5.41, 5.74) is 3.77. The summed E-state index contributed by atoms with van der Waals surface area (Å²) in [6, 6.07) is 32.8. The van der Waals surface area contributed by atoms with Crippen molar-refractivity contribution in [3.05, 3.63) is 121 Å². The number of anilines is 1. The minimum absolute atomic E-state index is 0.161. The molecule has 0 saturated carbocycles. The van der Waals surface area contributed by atoms with Gasteiger partial charge in [0.05, 0.1) is 18.3 Å². The molecule has 4 aromatic rings. The topological polar surface area (TPSA) is 38.8 Å². The first-order valence-corrected chi connectivity index (χ1v) is 10.8. The van der Waals surface area contributed by atoms with E-state index in [1.54, 1.807) is 29.3 Å². The molecule has 0 spiro atoms. The number of hydrogen-bond acceptors (Lipinski definition) is 4. The van der Waals surface area contributed by atoms with E-state index < -0.39 is 12.0 Å². The van der Waals surface area contributed by atoms with Gasteiger partial charge in [-0.15, -0.1) is 0 Å². The van der Waals surface area contributed by atoms with E-state index >= 15 is 0 Å². The van der Waals surface area contributed by atoms with Crippen LogP contribution >= 0.6 is 0 Å². The Morgan fingerprint density at radius 1 is 0.788 bits per heavy atom. The second kappa shape index (κ2) is 9.27. The highest BCUT2D eigenvalue weighted by molar-refractivity contribution is 5.78. The lowest BCUT2D eigenvalue weighted by molar-refractivity contribution is -0.139. The third-order valence-corrected chi connectivity index (χ3v) is 5.73. The van der Waals surface area contributed by atoms with Crippen LogP contribution in [0.25, 0.3) is 11.1 Å². The van der Waals surface area contributed by atoms with E-state index in [0.29, 0.717) is 11.4 Å². The Morgan fingerprint density at radius 3 is 2.06 bits per heavy atom. The van der Waals surface area contributed by atoms with Gasteiger partial charge in [0.25, 0.3) is 0 Å². The molecular formula is C28H22FNO3. The molecule has 4 aromatic carbocycles. The third kappa shape index (κ3) is 4.49. The molecular weight excluding hydrogens is 417 g/mol. The fourth-order valence-corrected chi connectivity index (χ4v) is 4.07. The Morgan fingerprint density at radius 2 is 1.39 bits per heavy atom. The summed E-state index contributed by atoms with van der Waals surface area (Å²) in [4.78, 5) is 19.1. The lowest BCUT2D eigenvalue weighted by atomic mass is 9.92. The van der Waals surface area contributed by atoms with Crippen molar-refractivity contribution in [2.75, 3.05) is 11.7 Å². The first-order valence-electron chi connectivity index (χ1n) is 10.8. The number of carbonyl (C=O) groups is 1. The molecule has 0 aromatic heterocycles. The summed E-state index contributed by atoms with van der Waals surface area (Å²) >= 11 is 0. The summed E-state index contributed by atoms with van der Waals surface area (Å²) in [6.07, 6.45) is 0. The van der Waals surface area contributed by atoms with Gasteiger partial charge >= 0.3 is 5.97 Å². The van der Waals surface area contributed by atoms with Crippen LogP contribution in [-0.2, 0) is 9.63 Å². The molecule has 0 aliphatic carbocycles. The Bertz CT molecular complexity index is 1210. The Balaban J connectivity index is 1.47. The Kier molecular flexibility index (Phi) is 5.87. The van der Waals surface area contributed by atoms with Crippen LogP contribution in [-0.4, -0.2) is 12.6 Å². The van der Waals surface area contributed by atoms with Crippen LogP contribution in [0.15, 0.2) is 109 Å². The van der Waals surface area contributed by atoms with Crippen molar-refractivity contribution in [1.29, 1.82) is 0 Å². The van der Waals surface area contributed by atoms with Crippen molar-refractivity contribution >= 4 is 11.7 Å². The SMILES string of the molecule is O=C(Oc1ccccc1)C1CON(c2ccc(F)cc2)C1c1ccc(-c2ccccc2)cc1. The van der Waals surface area contributed by atoms with Crippen LogP contribution in [0.1, 0.15) is 11.6 Å². The number of para-hydroxylation sites is 1. The molecule has 5 heteroatoms. The molecule has 0 N–H and O–H groups in total. The number of carbonyl (C=O) groups excluding carboxylic acids is 1. The molecule has 1 heterocycles. The molecule has 2 atom stereocenters. The van der Waals surface area contributed by atoms with Crippen LogP contribution in [0, 0.1) is 11.7 Å². The highest BCUT2D eigenvalue weighted by atomic mass is 19.1. The fourth-order valence-electron chi connectivity index (χ4n) is 4.07. The third-order valence-electron chi connectivity index (χ3n) is 5.73. The number of benzene rings is 4. The van der Waals surface area contributed by atoms with Gasteiger partial charge in [-0.05, 0) is 53.1 Å². The largest absolute Gasteiger partial charge is 0.426 e. The van der Waals surface area contributed by atoms with E-state index in [4.69, 9.17) is 9.57 Å². The summed E-state index contributed by atoms with van der Waals surface area (Å²) in [5, 5.41) is 1.67. The van der Waals surface area contributed by atoms with Crippen LogP contribution in [0.3, 0.4) is 0 Å². The molecule has 33 heavy (non-hydrogen) atoms. The van der Waals surface area contributed by atoms with Gasteiger partial charge in [-0.3, -0.25) is 9.63 Å². The quantitative estimate of drug-likeness (QED) is 0.274. The van der Waals surface area contributed by atoms with Gasteiger partial charge in [-0.1, -0.05) is 72.8 Å². The molecule has 5 rings (SSSR count). The van der Waals surface area contributed by atoms with Crippen molar-refractivity contribution in [3.8, 4) is 16.9 Å². The van der Waals surface area contributed by atoms with Gasteiger partial charge < -0.3 is 4.74 Å². The van der Waals surface area contributed by atoms with Crippen molar-refractivity contribution in [2.45, 2.75) is 6.04 Å². The van der Waals surface area contributed by atoms with E-state index in [-0.39, 0.29) is 18.4 Å². The first kappa shape index (κ1) is 20.9. The van der Waals surface area contributed by atoms with E-state index in [1.807, 2.05) is 60.7 Å². The van der Waals surface area contributed by atoms with Crippen molar-refractivity contribution in [3.63, 3.8) is 0 Å². The molecule has 0 amide bonds. The maximum atomic E-state index is 13.5. The minimum Gasteiger partial charge on any atom is -0.426 e. The monoisotopic (exact) mass is 439 g/mol. The van der Waals surface area contributed by atoms with E-state index in [2.05, 4.69) is 12.1 Å². The molecule has 0 bridgehead atoms. The molecule has 1 aliphatic rings. The van der Waals surface area contributed by atoms with Gasteiger partial charge in [-0.2, -0.15) is 0 Å². The zero-order valence-corrected chi connectivity index (χ0v) is 17.8. The number of nitrogens with zero attached hydrogens (tertiary/aromatic N) is 1. The second-order valence-electron chi connectivity index (χ2n) is 7.87. The lowest BCUT2D eigenvalue weighted by Crippen LogP contribution is -2.30. The van der Waals surface area contributed by atoms with Crippen LogP contribution in [0.4, 0.5) is 10.1 Å². The van der Waals surface area contributed by atoms with Crippen molar-refractivity contribution < 1.29 is 18.8 Å². The van der Waals surface area contributed by atoms with Gasteiger partial charge in [0.1, 0.15) is 17.5 Å². The van der Waals surface area contributed by atoms with Gasteiger partial charge in [0.15, 0.2) is 0 Å². The molecule has 4 nitrogen and oxygen atoms in total. The summed E-state index contributed by atoms with van der Waals surface area (Å²) in [7, 11) is 0. The van der Waals surface area contributed by atoms with Crippen molar-refractivity contribution in [1.82, 2.24) is 0 Å². The van der Waals surface area contributed by atoms with Crippen molar-refractivity contribution in [2.24, 2.45) is 5.92 Å². The summed E-state index contributed by atoms with van der Waals surface area (Å²) in [5.74, 6) is -0.775. The predicted octanol–water partition coefficient (Wildman–Crippen LogP) is 6.21. The second-order valence-corrected chi connectivity index (χ2v) is 7.87. The number of hydroxylamine groups is 1. The normalized spacial score (nSPS) is 17.7. The smallest absolute Gasteiger partial charge is 0.319 e. The Labute approximate surface area is 191 Å². The maximum absolute atomic E-state index is 13.5. The van der Waals surface area contributed by atoms with E-state index in [0.717, 1.165) is 16.7 Å². The average molecular weight is 439 g/mol. The minimum atomic E-state index is -0.558. The molecule has 164 valence electrons. The highest BCUT2D eigenvalue weighted by Gasteiger charge is 2.43. The number of esters is 1. The maximum Gasteiger partial charge on any atom is 0.319 e. The molecule has 1 saturated heterocycles. The molecule has 1 fully saturated rings. The van der Waals surface area contributed by atoms with Gasteiger partial charge in [0, 0.05) is 0 Å². The standard InChI is InChI=1S/C28H22FNO3/c29-23-15-17-24(18-16-23)30-27(22-13-11-21(12-14-22)20-7-3-1-4-8-20)26(19-32-30)28(31)33-25-9-5-2-6-10-25/h1-18,26-27H,19H2. The van der Waals surface area contributed by atoms with Gasteiger partial charge in [0.2, 0.25) is 0 Å². The van der Waals surface area contributed by atoms with E-state index in [1.165, 1.54) is 12.1 Å². The molecule has 1 aliphatic heterocycles. The molecule has 0 radical (unpaired) electrons. The summed E-state index contributed by atoms with van der Waals surface area (Å²) in [6.45, 7) is 0.161. The summed E-state index contributed by atoms with van der Waals surface area (Å²) < 4.78 is 19.2. The van der Waals surface area contributed by atoms with Crippen LogP contribution in [0.5, 0.6) is 5.75 Å². The average Bonchev–Trinajstić information content (AvgIpc) is 3.31. The number of halogens is 1. The zero-order valence-electron chi connectivity index (χ0n) is 17.8. The zero-order chi connectivity index (χ0) is 22.6. The lowest BCUT2D eigenvalue weighted by Gasteiger charge is -2.27. The first-order chi connectivity index (χ1) is 16.2. The number of rotatable bonds is 5. The Hall–Kier alpha value is -3.96. The van der Waals surface area contributed by atoms with Gasteiger partial charge in [-0.25, -0.2) is 9.45 Å². The highest BCUT2D eigenvalue weighted by Crippen LogP contribution is 2.40.